The number of carbonyl (C=O) groups is 1. The second-order valence-electron chi connectivity index (χ2n) is 7.00. The Hall–Kier alpha value is -3.15. The van der Waals surface area contributed by atoms with Crippen LogP contribution in [-0.2, 0) is 14.3 Å². The van der Waals surface area contributed by atoms with E-state index in [9.17, 15) is 4.79 Å². The van der Waals surface area contributed by atoms with Crippen LogP contribution in [0.15, 0.2) is 48.2 Å². The summed E-state index contributed by atoms with van der Waals surface area (Å²) in [7, 11) is 0. The fourth-order valence-electron chi connectivity index (χ4n) is 2.85. The number of rotatable bonds is 12. The van der Waals surface area contributed by atoms with Gasteiger partial charge in [0.15, 0.2) is 11.5 Å². The van der Waals surface area contributed by atoms with Gasteiger partial charge in [0.05, 0.1) is 19.8 Å². The second-order valence-corrected chi connectivity index (χ2v) is 7.00. The summed E-state index contributed by atoms with van der Waals surface area (Å²) in [5.74, 6) is 0.916. The average Bonchev–Trinajstić information content (AvgIpc) is 2.75. The van der Waals surface area contributed by atoms with Crippen LogP contribution < -0.4 is 15.2 Å². The number of anilines is 1. The molecule has 0 saturated heterocycles. The van der Waals surface area contributed by atoms with Gasteiger partial charge in [-0.3, -0.25) is 0 Å². The van der Waals surface area contributed by atoms with E-state index in [0.717, 1.165) is 24.0 Å². The zero-order chi connectivity index (χ0) is 22.6. The number of ether oxygens (including phenoxy) is 4. The molecule has 168 valence electrons. The molecule has 0 fully saturated rings. The number of nitrogen functional groups attached to an aromatic ring is 1. The minimum atomic E-state index is -0.491. The Morgan fingerprint density at radius 1 is 1.00 bits per heavy atom. The van der Waals surface area contributed by atoms with Crippen molar-refractivity contribution in [1.29, 1.82) is 0 Å². The van der Waals surface area contributed by atoms with Gasteiger partial charge < -0.3 is 24.7 Å². The summed E-state index contributed by atoms with van der Waals surface area (Å²) in [5.41, 5.74) is 8.26. The largest absolute Gasteiger partial charge is 0.490 e. The first-order valence-electron chi connectivity index (χ1n) is 10.8. The molecule has 0 aliphatic heterocycles. The molecule has 2 aromatic rings. The molecule has 0 aliphatic rings. The van der Waals surface area contributed by atoms with Crippen molar-refractivity contribution in [3.05, 3.63) is 59.4 Å². The summed E-state index contributed by atoms with van der Waals surface area (Å²) in [5, 5.41) is 0. The highest BCUT2D eigenvalue weighted by molar-refractivity contribution is 5.91. The molecular weight excluding hydrogens is 394 g/mol. The predicted molar refractivity (Wildman–Crippen MR) is 123 cm³/mol. The van der Waals surface area contributed by atoms with Crippen molar-refractivity contribution in [1.82, 2.24) is 0 Å². The van der Waals surface area contributed by atoms with Crippen LogP contribution in [0, 0.1) is 0 Å². The van der Waals surface area contributed by atoms with Crippen molar-refractivity contribution in [2.24, 2.45) is 0 Å². The molecule has 1 atom stereocenters. The first-order valence-corrected chi connectivity index (χ1v) is 10.8. The van der Waals surface area contributed by atoms with Gasteiger partial charge in [0.2, 0.25) is 5.76 Å². The molecule has 31 heavy (non-hydrogen) atoms. The highest BCUT2D eigenvalue weighted by atomic mass is 16.6. The van der Waals surface area contributed by atoms with Gasteiger partial charge in [-0.15, -0.1) is 0 Å². The molecule has 2 N–H and O–H groups in total. The molecule has 0 radical (unpaired) electrons. The summed E-state index contributed by atoms with van der Waals surface area (Å²) in [6, 6.07) is 13.1. The van der Waals surface area contributed by atoms with E-state index < -0.39 is 5.97 Å². The molecule has 2 rings (SSSR count). The van der Waals surface area contributed by atoms with Crippen molar-refractivity contribution in [2.75, 3.05) is 25.6 Å². The minimum Gasteiger partial charge on any atom is -0.490 e. The van der Waals surface area contributed by atoms with Crippen LogP contribution in [-0.4, -0.2) is 25.8 Å². The van der Waals surface area contributed by atoms with E-state index in [1.807, 2.05) is 56.3 Å². The van der Waals surface area contributed by atoms with Gasteiger partial charge in [0, 0.05) is 5.69 Å². The summed E-state index contributed by atoms with van der Waals surface area (Å²) in [4.78, 5) is 12.1. The topological polar surface area (TPSA) is 80.0 Å². The third kappa shape index (κ3) is 7.55. The lowest BCUT2D eigenvalue weighted by Gasteiger charge is -2.19. The standard InChI is InChI=1S/C25H33NO5/c1-5-8-15-30-23-16-19(17-24(28-6-2)25(27)29-7-3)9-14-22(23)31-18(4)20-10-12-21(26)13-11-20/h9-14,16-18H,5-8,15,26H2,1-4H3/b24-17-. The van der Waals surface area contributed by atoms with Crippen molar-refractivity contribution >= 4 is 17.7 Å². The zero-order valence-electron chi connectivity index (χ0n) is 18.9. The Balaban J connectivity index is 2.30. The smallest absolute Gasteiger partial charge is 0.373 e. The lowest BCUT2D eigenvalue weighted by atomic mass is 10.1. The number of nitrogens with two attached hydrogens (primary N) is 1. The van der Waals surface area contributed by atoms with Gasteiger partial charge in [0.1, 0.15) is 6.10 Å². The van der Waals surface area contributed by atoms with Crippen LogP contribution in [0.3, 0.4) is 0 Å². The first kappa shape index (κ1) is 24.1. The zero-order valence-corrected chi connectivity index (χ0v) is 18.9. The van der Waals surface area contributed by atoms with E-state index in [2.05, 4.69) is 6.92 Å². The van der Waals surface area contributed by atoms with Gasteiger partial charge in [0.25, 0.3) is 0 Å². The molecule has 0 aliphatic carbocycles. The Morgan fingerprint density at radius 3 is 2.35 bits per heavy atom. The Kier molecular flexibility index (Phi) is 9.75. The lowest BCUT2D eigenvalue weighted by Crippen LogP contribution is -2.10. The summed E-state index contributed by atoms with van der Waals surface area (Å²) < 4.78 is 22.7. The molecule has 6 nitrogen and oxygen atoms in total. The fraction of sp³-hybridized carbons (Fsp3) is 0.400. The predicted octanol–water partition coefficient (Wildman–Crippen LogP) is 5.53. The van der Waals surface area contributed by atoms with Gasteiger partial charge >= 0.3 is 5.97 Å². The number of hydrogen-bond acceptors (Lipinski definition) is 6. The van der Waals surface area contributed by atoms with Crippen LogP contribution in [0.25, 0.3) is 6.08 Å². The number of unbranched alkanes of at least 4 members (excludes halogenated alkanes) is 1. The van der Waals surface area contributed by atoms with Crippen molar-refractivity contribution < 1.29 is 23.7 Å². The van der Waals surface area contributed by atoms with Gasteiger partial charge in [-0.05, 0) is 68.7 Å². The third-order valence-electron chi connectivity index (χ3n) is 4.51. The number of carbonyl (C=O) groups excluding carboxylic acids is 1. The van der Waals surface area contributed by atoms with Crippen LogP contribution in [0.5, 0.6) is 11.5 Å². The third-order valence-corrected chi connectivity index (χ3v) is 4.51. The van der Waals surface area contributed by atoms with Crippen molar-refractivity contribution in [3.63, 3.8) is 0 Å². The molecule has 1 unspecified atom stereocenters. The van der Waals surface area contributed by atoms with Gasteiger partial charge in [-0.25, -0.2) is 4.79 Å². The van der Waals surface area contributed by atoms with Crippen LogP contribution >= 0.6 is 0 Å². The molecule has 0 heterocycles. The summed E-state index contributed by atoms with van der Waals surface area (Å²) in [6.45, 7) is 8.89. The quantitative estimate of drug-likeness (QED) is 0.158. The second kappa shape index (κ2) is 12.5. The van der Waals surface area contributed by atoms with Crippen molar-refractivity contribution in [3.8, 4) is 11.5 Å². The first-order chi connectivity index (χ1) is 15.0. The van der Waals surface area contributed by atoms with Crippen LogP contribution in [0.4, 0.5) is 5.69 Å². The van der Waals surface area contributed by atoms with E-state index in [0.29, 0.717) is 30.4 Å². The Bertz CT molecular complexity index is 861. The molecule has 0 aromatic heterocycles. The van der Waals surface area contributed by atoms with E-state index in [4.69, 9.17) is 24.7 Å². The maximum absolute atomic E-state index is 12.1. The van der Waals surface area contributed by atoms with E-state index in [1.54, 1.807) is 13.0 Å². The summed E-state index contributed by atoms with van der Waals surface area (Å²) >= 11 is 0. The lowest BCUT2D eigenvalue weighted by molar-refractivity contribution is -0.142. The van der Waals surface area contributed by atoms with Crippen LogP contribution in [0.2, 0.25) is 0 Å². The highest BCUT2D eigenvalue weighted by Gasteiger charge is 2.15. The van der Waals surface area contributed by atoms with Gasteiger partial charge in [-0.2, -0.15) is 0 Å². The average molecular weight is 428 g/mol. The minimum absolute atomic E-state index is 0.160. The maximum atomic E-state index is 12.1. The molecule has 0 amide bonds. The van der Waals surface area contributed by atoms with Crippen LogP contribution in [0.1, 0.15) is 57.8 Å². The number of benzene rings is 2. The highest BCUT2D eigenvalue weighted by Crippen LogP contribution is 2.33. The molecule has 6 heteroatoms. The number of esters is 1. The fourth-order valence-corrected chi connectivity index (χ4v) is 2.85. The molecule has 2 aromatic carbocycles. The monoisotopic (exact) mass is 427 g/mol. The summed E-state index contributed by atoms with van der Waals surface area (Å²) in [6.07, 6.45) is 3.42. The van der Waals surface area contributed by atoms with Gasteiger partial charge in [-0.1, -0.05) is 31.5 Å². The SMILES string of the molecule is CCCCOc1cc(/C=C(\OCC)C(=O)OCC)ccc1OC(C)c1ccc(N)cc1. The maximum Gasteiger partial charge on any atom is 0.373 e. The Morgan fingerprint density at radius 2 is 1.71 bits per heavy atom. The normalized spacial score (nSPS) is 12.2. The molecular formula is C25H33NO5. The van der Waals surface area contributed by atoms with E-state index >= 15 is 0 Å². The van der Waals surface area contributed by atoms with E-state index in [1.165, 1.54) is 0 Å². The van der Waals surface area contributed by atoms with Crippen molar-refractivity contribution in [2.45, 2.75) is 46.6 Å². The molecule has 0 spiro atoms. The van der Waals surface area contributed by atoms with E-state index in [-0.39, 0.29) is 18.5 Å². The molecule has 0 saturated carbocycles. The molecule has 0 bridgehead atoms. The Labute approximate surface area is 184 Å². The number of hydrogen-bond donors (Lipinski definition) is 1.